The quantitative estimate of drug-likeness (QED) is 0.730. The van der Waals surface area contributed by atoms with Gasteiger partial charge in [0.1, 0.15) is 6.04 Å². The molecular weight excluding hydrogens is 190 g/mol. The Labute approximate surface area is 92.6 Å². The largest absolute Gasteiger partial charge is 0.461 e. The monoisotopic (exact) mass is 213 g/mol. The Bertz CT molecular complexity index is 214. The second-order valence-corrected chi connectivity index (χ2v) is 5.66. The lowest BCUT2D eigenvalue weighted by atomic mass is 9.90. The average molecular weight is 213 g/mol. The van der Waals surface area contributed by atoms with Crippen molar-refractivity contribution in [1.29, 1.82) is 0 Å². The lowest BCUT2D eigenvalue weighted by molar-refractivity contribution is -0.151. The van der Waals surface area contributed by atoms with Crippen LogP contribution in [-0.2, 0) is 9.53 Å². The number of hydrogen-bond donors (Lipinski definition) is 1. The first-order valence-electron chi connectivity index (χ1n) is 5.82. The first-order valence-corrected chi connectivity index (χ1v) is 5.82. The predicted molar refractivity (Wildman–Crippen MR) is 60.7 cm³/mol. The van der Waals surface area contributed by atoms with Gasteiger partial charge in [0.2, 0.25) is 0 Å². The van der Waals surface area contributed by atoms with Gasteiger partial charge in [0.15, 0.2) is 0 Å². The van der Waals surface area contributed by atoms with Crippen LogP contribution in [0.3, 0.4) is 0 Å². The second kappa shape index (κ2) is 4.97. The third-order valence-corrected chi connectivity index (χ3v) is 2.56. The molecule has 1 fully saturated rings. The van der Waals surface area contributed by atoms with Gasteiger partial charge in [-0.25, -0.2) is 0 Å². The summed E-state index contributed by atoms with van der Waals surface area (Å²) in [5.41, 5.74) is 0.211. The molecule has 1 aliphatic heterocycles. The van der Waals surface area contributed by atoms with E-state index in [0.717, 1.165) is 25.8 Å². The SMILES string of the molecule is CC(CC(C)(C)C)OC(=O)C1CCCN1. The highest BCUT2D eigenvalue weighted by atomic mass is 16.5. The summed E-state index contributed by atoms with van der Waals surface area (Å²) in [6.45, 7) is 9.38. The van der Waals surface area contributed by atoms with Gasteiger partial charge in [0, 0.05) is 0 Å². The van der Waals surface area contributed by atoms with Crippen LogP contribution in [-0.4, -0.2) is 24.7 Å². The molecule has 3 nitrogen and oxygen atoms in total. The fourth-order valence-electron chi connectivity index (χ4n) is 2.07. The Hall–Kier alpha value is -0.570. The lowest BCUT2D eigenvalue weighted by Gasteiger charge is -2.24. The van der Waals surface area contributed by atoms with Crippen LogP contribution in [0.1, 0.15) is 47.0 Å². The zero-order valence-corrected chi connectivity index (χ0v) is 10.3. The zero-order chi connectivity index (χ0) is 11.5. The highest BCUT2D eigenvalue weighted by Crippen LogP contribution is 2.22. The van der Waals surface area contributed by atoms with E-state index in [2.05, 4.69) is 26.1 Å². The molecule has 1 saturated heterocycles. The van der Waals surface area contributed by atoms with Crippen LogP contribution >= 0.6 is 0 Å². The zero-order valence-electron chi connectivity index (χ0n) is 10.3. The van der Waals surface area contributed by atoms with Gasteiger partial charge in [0.05, 0.1) is 6.10 Å². The molecule has 2 unspecified atom stereocenters. The average Bonchev–Trinajstić information content (AvgIpc) is 2.50. The minimum absolute atomic E-state index is 0.0138. The van der Waals surface area contributed by atoms with E-state index in [9.17, 15) is 4.79 Å². The van der Waals surface area contributed by atoms with Gasteiger partial charge < -0.3 is 10.1 Å². The summed E-state index contributed by atoms with van der Waals surface area (Å²) < 4.78 is 5.41. The summed E-state index contributed by atoms with van der Waals surface area (Å²) in [6.07, 6.45) is 2.92. The summed E-state index contributed by atoms with van der Waals surface area (Å²) in [5.74, 6) is -0.0794. The molecule has 0 aromatic rings. The Morgan fingerprint density at radius 2 is 2.20 bits per heavy atom. The smallest absolute Gasteiger partial charge is 0.323 e. The molecule has 0 saturated carbocycles. The number of carbonyl (C=O) groups excluding carboxylic acids is 1. The predicted octanol–water partition coefficient (Wildman–Crippen LogP) is 2.11. The Morgan fingerprint density at radius 3 is 2.67 bits per heavy atom. The molecule has 1 rings (SSSR count). The molecule has 0 amide bonds. The van der Waals surface area contributed by atoms with Crippen LogP contribution in [0.5, 0.6) is 0 Å². The Morgan fingerprint density at radius 1 is 1.53 bits per heavy atom. The van der Waals surface area contributed by atoms with E-state index in [1.807, 2.05) is 6.92 Å². The normalized spacial score (nSPS) is 23.9. The van der Waals surface area contributed by atoms with E-state index < -0.39 is 0 Å². The van der Waals surface area contributed by atoms with Crippen LogP contribution in [0, 0.1) is 5.41 Å². The Balaban J connectivity index is 2.30. The van der Waals surface area contributed by atoms with Gasteiger partial charge in [-0.1, -0.05) is 20.8 Å². The van der Waals surface area contributed by atoms with Crippen molar-refractivity contribution in [1.82, 2.24) is 5.32 Å². The minimum Gasteiger partial charge on any atom is -0.461 e. The number of carbonyl (C=O) groups is 1. The van der Waals surface area contributed by atoms with E-state index in [1.165, 1.54) is 0 Å². The molecule has 15 heavy (non-hydrogen) atoms. The fraction of sp³-hybridized carbons (Fsp3) is 0.917. The number of ether oxygens (including phenoxy) is 1. The molecule has 1 aliphatic rings. The molecule has 0 aliphatic carbocycles. The molecule has 3 heteroatoms. The molecule has 0 bridgehead atoms. The summed E-state index contributed by atoms with van der Waals surface area (Å²) in [4.78, 5) is 11.7. The summed E-state index contributed by atoms with van der Waals surface area (Å²) in [7, 11) is 0. The molecular formula is C12H23NO2. The molecule has 2 atom stereocenters. The standard InChI is InChI=1S/C12H23NO2/c1-9(8-12(2,3)4)15-11(14)10-6-5-7-13-10/h9-10,13H,5-8H2,1-4H3. The molecule has 1 heterocycles. The molecule has 0 aromatic heterocycles. The van der Waals surface area contributed by atoms with Gasteiger partial charge in [0.25, 0.3) is 0 Å². The van der Waals surface area contributed by atoms with Crippen molar-refractivity contribution >= 4 is 5.97 Å². The Kier molecular flexibility index (Phi) is 4.14. The maximum atomic E-state index is 11.7. The van der Waals surface area contributed by atoms with Crippen molar-refractivity contribution in [3.8, 4) is 0 Å². The van der Waals surface area contributed by atoms with E-state index in [4.69, 9.17) is 4.74 Å². The first-order chi connectivity index (χ1) is 6.88. The van der Waals surface area contributed by atoms with Gasteiger partial charge in [-0.2, -0.15) is 0 Å². The van der Waals surface area contributed by atoms with Gasteiger partial charge in [-0.15, -0.1) is 0 Å². The van der Waals surface area contributed by atoms with Crippen molar-refractivity contribution in [3.05, 3.63) is 0 Å². The fourth-order valence-corrected chi connectivity index (χ4v) is 2.07. The number of hydrogen-bond acceptors (Lipinski definition) is 3. The van der Waals surface area contributed by atoms with E-state index in [-0.39, 0.29) is 23.5 Å². The molecule has 1 N–H and O–H groups in total. The maximum absolute atomic E-state index is 11.7. The van der Waals surface area contributed by atoms with Crippen molar-refractivity contribution in [2.75, 3.05) is 6.54 Å². The maximum Gasteiger partial charge on any atom is 0.323 e. The van der Waals surface area contributed by atoms with Gasteiger partial charge >= 0.3 is 5.97 Å². The lowest BCUT2D eigenvalue weighted by Crippen LogP contribution is -2.35. The second-order valence-electron chi connectivity index (χ2n) is 5.66. The van der Waals surface area contributed by atoms with Gasteiger partial charge in [-0.3, -0.25) is 4.79 Å². The third-order valence-electron chi connectivity index (χ3n) is 2.56. The number of esters is 1. The van der Waals surface area contributed by atoms with Gasteiger partial charge in [-0.05, 0) is 38.1 Å². The van der Waals surface area contributed by atoms with Crippen LogP contribution in [0.15, 0.2) is 0 Å². The number of nitrogens with one attached hydrogen (secondary N) is 1. The minimum atomic E-state index is -0.0794. The third kappa shape index (κ3) is 4.65. The molecule has 0 radical (unpaired) electrons. The van der Waals surface area contributed by atoms with Crippen molar-refractivity contribution in [2.45, 2.75) is 59.1 Å². The van der Waals surface area contributed by atoms with Crippen molar-refractivity contribution in [3.63, 3.8) is 0 Å². The molecule has 88 valence electrons. The molecule has 0 spiro atoms. The van der Waals surface area contributed by atoms with E-state index in [1.54, 1.807) is 0 Å². The highest BCUT2D eigenvalue weighted by Gasteiger charge is 2.26. The van der Waals surface area contributed by atoms with Crippen LogP contribution in [0.2, 0.25) is 0 Å². The highest BCUT2D eigenvalue weighted by molar-refractivity contribution is 5.76. The number of rotatable bonds is 3. The summed E-state index contributed by atoms with van der Waals surface area (Å²) >= 11 is 0. The topological polar surface area (TPSA) is 38.3 Å². The van der Waals surface area contributed by atoms with Crippen molar-refractivity contribution in [2.24, 2.45) is 5.41 Å². The summed E-state index contributed by atoms with van der Waals surface area (Å²) in [6, 6.07) is -0.0626. The molecule has 0 aromatic carbocycles. The van der Waals surface area contributed by atoms with Crippen LogP contribution < -0.4 is 5.32 Å². The van der Waals surface area contributed by atoms with E-state index >= 15 is 0 Å². The van der Waals surface area contributed by atoms with Crippen LogP contribution in [0.4, 0.5) is 0 Å². The first kappa shape index (κ1) is 12.5. The van der Waals surface area contributed by atoms with Crippen molar-refractivity contribution < 1.29 is 9.53 Å². The van der Waals surface area contributed by atoms with Crippen LogP contribution in [0.25, 0.3) is 0 Å². The van der Waals surface area contributed by atoms with E-state index in [0.29, 0.717) is 0 Å². The summed E-state index contributed by atoms with van der Waals surface area (Å²) in [5, 5.41) is 3.15.